The Kier molecular flexibility index (Phi) is 4.64. The van der Waals surface area contributed by atoms with Crippen molar-refractivity contribution in [3.05, 3.63) is 81.7 Å². The summed E-state index contributed by atoms with van der Waals surface area (Å²) in [6, 6.07) is 13.5. The van der Waals surface area contributed by atoms with E-state index in [9.17, 15) is 9.59 Å². The first-order valence-corrected chi connectivity index (χ1v) is 9.03. The zero-order chi connectivity index (χ0) is 19.0. The molecule has 4 rings (SSSR count). The molecule has 0 saturated heterocycles. The van der Waals surface area contributed by atoms with Crippen molar-refractivity contribution in [1.82, 2.24) is 0 Å². The van der Waals surface area contributed by atoms with Crippen molar-refractivity contribution >= 4 is 46.4 Å². The number of rotatable bonds is 3. The number of fused-ring (bicyclic) bond motifs is 1. The van der Waals surface area contributed by atoms with Gasteiger partial charge in [0.1, 0.15) is 0 Å². The molecule has 1 N–H and O–H groups in total. The van der Waals surface area contributed by atoms with Crippen molar-refractivity contribution < 1.29 is 14.0 Å². The van der Waals surface area contributed by atoms with Crippen LogP contribution in [0.5, 0.6) is 0 Å². The molecule has 2 heterocycles. The Balaban J connectivity index is 1.55. The van der Waals surface area contributed by atoms with Gasteiger partial charge >= 0.3 is 0 Å². The number of benzene rings is 2. The highest BCUT2D eigenvalue weighted by Crippen LogP contribution is 2.32. The average molecular weight is 401 g/mol. The number of furan rings is 1. The smallest absolute Gasteiger partial charge is 0.293 e. The zero-order valence-electron chi connectivity index (χ0n) is 14.0. The van der Waals surface area contributed by atoms with Crippen LogP contribution >= 0.6 is 23.2 Å². The van der Waals surface area contributed by atoms with Crippen molar-refractivity contribution in [2.24, 2.45) is 0 Å². The zero-order valence-corrected chi connectivity index (χ0v) is 15.6. The highest BCUT2D eigenvalue weighted by atomic mass is 35.5. The van der Waals surface area contributed by atoms with Crippen LogP contribution in [0.4, 0.5) is 11.4 Å². The van der Waals surface area contributed by atoms with Gasteiger partial charge in [0.2, 0.25) is 0 Å². The van der Waals surface area contributed by atoms with E-state index in [0.29, 0.717) is 40.0 Å². The van der Waals surface area contributed by atoms with Crippen LogP contribution in [0.1, 0.15) is 26.5 Å². The van der Waals surface area contributed by atoms with E-state index in [1.165, 1.54) is 12.3 Å². The van der Waals surface area contributed by atoms with E-state index < -0.39 is 0 Å². The summed E-state index contributed by atoms with van der Waals surface area (Å²) in [5.41, 5.74) is 2.72. The molecule has 5 nitrogen and oxygen atoms in total. The van der Waals surface area contributed by atoms with Gasteiger partial charge in [0.05, 0.1) is 16.8 Å². The first-order chi connectivity index (χ1) is 13.0. The molecule has 1 aliphatic heterocycles. The fourth-order valence-corrected chi connectivity index (χ4v) is 3.47. The molecule has 7 heteroatoms. The Bertz CT molecular complexity index is 1030. The lowest BCUT2D eigenvalue weighted by Crippen LogP contribution is -2.28. The maximum atomic E-state index is 12.5. The Morgan fingerprint density at radius 1 is 1.07 bits per heavy atom. The summed E-state index contributed by atoms with van der Waals surface area (Å²) < 4.78 is 5.20. The van der Waals surface area contributed by atoms with Gasteiger partial charge in [-0.25, -0.2) is 0 Å². The second-order valence-electron chi connectivity index (χ2n) is 6.11. The minimum Gasteiger partial charge on any atom is -0.459 e. The minimum absolute atomic E-state index is 0.179. The third kappa shape index (κ3) is 3.44. The molecule has 0 radical (unpaired) electrons. The quantitative estimate of drug-likeness (QED) is 0.669. The van der Waals surface area contributed by atoms with Gasteiger partial charge in [0.25, 0.3) is 11.8 Å². The van der Waals surface area contributed by atoms with Gasteiger partial charge in [0.15, 0.2) is 5.76 Å². The third-order valence-electron chi connectivity index (χ3n) is 4.38. The lowest BCUT2D eigenvalue weighted by atomic mass is 10.1. The van der Waals surface area contributed by atoms with Crippen LogP contribution in [-0.2, 0) is 6.42 Å². The Labute approximate surface area is 165 Å². The molecule has 27 heavy (non-hydrogen) atoms. The number of carbonyl (C=O) groups excluding carboxylic acids is 2. The van der Waals surface area contributed by atoms with Gasteiger partial charge in [-0.3, -0.25) is 9.59 Å². The Hall–Kier alpha value is -2.76. The van der Waals surface area contributed by atoms with Gasteiger partial charge in [-0.2, -0.15) is 0 Å². The lowest BCUT2D eigenvalue weighted by Gasteiger charge is -2.16. The van der Waals surface area contributed by atoms with E-state index in [2.05, 4.69) is 5.32 Å². The molecule has 0 spiro atoms. The monoisotopic (exact) mass is 400 g/mol. The number of amides is 2. The summed E-state index contributed by atoms with van der Waals surface area (Å²) in [7, 11) is 0. The molecular formula is C20H14Cl2N2O3. The predicted octanol–water partition coefficient (Wildman–Crippen LogP) is 5.04. The van der Waals surface area contributed by atoms with Crippen LogP contribution in [0.15, 0.2) is 59.2 Å². The number of nitrogens with zero attached hydrogens (tertiary/aromatic N) is 1. The van der Waals surface area contributed by atoms with Crippen LogP contribution in [0, 0.1) is 0 Å². The van der Waals surface area contributed by atoms with Gasteiger partial charge in [-0.1, -0.05) is 23.2 Å². The van der Waals surface area contributed by atoms with E-state index in [0.717, 1.165) is 11.3 Å². The molecule has 136 valence electrons. The van der Waals surface area contributed by atoms with Crippen LogP contribution in [0.3, 0.4) is 0 Å². The maximum absolute atomic E-state index is 12.5. The number of anilines is 2. The molecule has 1 aliphatic rings. The first-order valence-electron chi connectivity index (χ1n) is 8.27. The first kappa shape index (κ1) is 17.6. The molecule has 0 aliphatic carbocycles. The van der Waals surface area contributed by atoms with E-state index in [1.807, 2.05) is 12.1 Å². The molecule has 0 saturated carbocycles. The van der Waals surface area contributed by atoms with E-state index in [1.54, 1.807) is 35.2 Å². The second kappa shape index (κ2) is 7.10. The molecule has 0 bridgehead atoms. The molecule has 0 atom stereocenters. The number of hydrogen-bond acceptors (Lipinski definition) is 3. The lowest BCUT2D eigenvalue weighted by molar-refractivity contribution is 0.0962. The molecule has 2 aromatic carbocycles. The van der Waals surface area contributed by atoms with Crippen molar-refractivity contribution in [2.45, 2.75) is 6.42 Å². The van der Waals surface area contributed by atoms with E-state index in [-0.39, 0.29) is 11.8 Å². The average Bonchev–Trinajstić information content (AvgIpc) is 3.32. The van der Waals surface area contributed by atoms with Crippen molar-refractivity contribution in [1.29, 1.82) is 0 Å². The van der Waals surface area contributed by atoms with Crippen molar-refractivity contribution in [3.63, 3.8) is 0 Å². The third-order valence-corrected chi connectivity index (χ3v) is 4.95. The fraction of sp³-hybridized carbons (Fsp3) is 0.100. The predicted molar refractivity (Wildman–Crippen MR) is 105 cm³/mol. The number of nitrogens with one attached hydrogen (secondary N) is 1. The summed E-state index contributed by atoms with van der Waals surface area (Å²) in [6.07, 6.45) is 2.17. The summed E-state index contributed by atoms with van der Waals surface area (Å²) in [5.74, 6) is -0.221. The summed E-state index contributed by atoms with van der Waals surface area (Å²) in [4.78, 5) is 26.7. The van der Waals surface area contributed by atoms with E-state index in [4.69, 9.17) is 27.6 Å². The molecule has 2 amide bonds. The van der Waals surface area contributed by atoms with Crippen molar-refractivity contribution in [2.75, 3.05) is 16.8 Å². The second-order valence-corrected chi connectivity index (χ2v) is 6.95. The van der Waals surface area contributed by atoms with Crippen molar-refractivity contribution in [3.8, 4) is 0 Å². The summed E-state index contributed by atoms with van der Waals surface area (Å²) in [5, 5.41) is 3.59. The van der Waals surface area contributed by atoms with Crippen LogP contribution in [0.25, 0.3) is 0 Å². The van der Waals surface area contributed by atoms with Crippen LogP contribution < -0.4 is 10.2 Å². The number of hydrogen-bond donors (Lipinski definition) is 1. The van der Waals surface area contributed by atoms with Gasteiger partial charge in [-0.15, -0.1) is 0 Å². The van der Waals surface area contributed by atoms with E-state index >= 15 is 0 Å². The SMILES string of the molecule is O=C(Nc1ccc2c(c1)CCN2C(=O)c1ccco1)c1cc(Cl)ccc1Cl. The molecular weight excluding hydrogens is 387 g/mol. The number of halogens is 2. The van der Waals surface area contributed by atoms with Crippen LogP contribution in [0.2, 0.25) is 10.0 Å². The molecule has 0 unspecified atom stereocenters. The molecule has 3 aromatic rings. The Morgan fingerprint density at radius 2 is 1.93 bits per heavy atom. The minimum atomic E-state index is -0.344. The standard InChI is InChI=1S/C20H14Cl2N2O3/c21-13-3-5-16(22)15(11-13)19(25)23-14-4-6-17-12(10-14)7-8-24(17)20(26)18-2-1-9-27-18/h1-6,9-11H,7-8H2,(H,23,25). The van der Waals surface area contributed by atoms with Crippen LogP contribution in [-0.4, -0.2) is 18.4 Å². The molecule has 0 fully saturated rings. The summed E-state index contributed by atoms with van der Waals surface area (Å²) >= 11 is 12.0. The highest BCUT2D eigenvalue weighted by Gasteiger charge is 2.27. The normalized spacial score (nSPS) is 12.7. The molecule has 1 aromatic heterocycles. The fourth-order valence-electron chi connectivity index (χ4n) is 3.09. The topological polar surface area (TPSA) is 62.6 Å². The van der Waals surface area contributed by atoms with Gasteiger partial charge in [-0.05, 0) is 60.5 Å². The Morgan fingerprint density at radius 3 is 2.70 bits per heavy atom. The summed E-state index contributed by atoms with van der Waals surface area (Å²) in [6.45, 7) is 0.562. The van der Waals surface area contributed by atoms with Gasteiger partial charge in [0, 0.05) is 22.9 Å². The number of carbonyl (C=O) groups is 2. The van der Waals surface area contributed by atoms with Gasteiger partial charge < -0.3 is 14.6 Å². The highest BCUT2D eigenvalue weighted by molar-refractivity contribution is 6.36. The maximum Gasteiger partial charge on any atom is 0.293 e. The largest absolute Gasteiger partial charge is 0.459 e.